The molecular formula is C23H28FN3O3. The van der Waals surface area contributed by atoms with Crippen LogP contribution in [0.25, 0.3) is 0 Å². The average molecular weight is 412 g/mol. The molecule has 0 saturated carbocycles. The van der Waals surface area contributed by atoms with Crippen molar-refractivity contribution in [2.24, 2.45) is 0 Å². The Labute approximate surface area is 177 Å². The van der Waals surface area contributed by atoms with E-state index in [1.54, 1.807) is 39.1 Å². The summed E-state index contributed by atoms with van der Waals surface area (Å²) < 4.78 is 22.9. The Bertz CT molecular complexity index is 866. The molecule has 0 aliphatic heterocycles. The van der Waals surface area contributed by atoms with Gasteiger partial charge in [-0.15, -0.1) is 0 Å². The molecule has 0 aliphatic rings. The second-order valence-electron chi connectivity index (χ2n) is 7.42. The molecule has 0 radical (unpaired) electrons. The molecule has 6 nitrogen and oxygen atoms in total. The molecule has 2 aromatic rings. The largest absolute Gasteiger partial charge is 0.443 e. The molecule has 0 spiro atoms. The van der Waals surface area contributed by atoms with Gasteiger partial charge in [0.2, 0.25) is 0 Å². The van der Waals surface area contributed by atoms with Crippen LogP contribution in [0.5, 0.6) is 0 Å². The minimum Gasteiger partial charge on any atom is -0.443 e. The number of carbonyl (C=O) groups is 1. The highest BCUT2D eigenvalue weighted by Crippen LogP contribution is 2.16. The third kappa shape index (κ3) is 7.72. The minimum absolute atomic E-state index is 0.0145. The molecule has 1 aromatic heterocycles. The third-order valence-electron chi connectivity index (χ3n) is 3.84. The van der Waals surface area contributed by atoms with Gasteiger partial charge in [0, 0.05) is 30.1 Å². The highest BCUT2D eigenvalue weighted by molar-refractivity contribution is 5.86. The number of rotatable bonds is 7. The van der Waals surface area contributed by atoms with E-state index in [0.29, 0.717) is 11.4 Å². The van der Waals surface area contributed by atoms with Gasteiger partial charge in [0.25, 0.3) is 0 Å². The number of halogens is 1. The van der Waals surface area contributed by atoms with Crippen molar-refractivity contribution in [3.05, 3.63) is 53.7 Å². The highest BCUT2D eigenvalue weighted by Gasteiger charge is 2.24. The SMILES string of the molecule is CNc1ccc(C#Cc2ccc(N(CCOCC[18F])C(=O)OC(C)(C)C)nc2)cc1. The van der Waals surface area contributed by atoms with Crippen molar-refractivity contribution in [1.29, 1.82) is 0 Å². The maximum Gasteiger partial charge on any atom is 0.416 e. The maximum absolute atomic E-state index is 12.6. The van der Waals surface area contributed by atoms with Crippen LogP contribution < -0.4 is 10.2 Å². The van der Waals surface area contributed by atoms with Gasteiger partial charge >= 0.3 is 6.09 Å². The molecule has 0 unspecified atom stereocenters. The Morgan fingerprint density at radius 3 is 2.33 bits per heavy atom. The molecule has 0 atom stereocenters. The summed E-state index contributed by atoms with van der Waals surface area (Å²) in [6.07, 6.45) is 1.06. The first-order valence-electron chi connectivity index (χ1n) is 9.72. The molecule has 30 heavy (non-hydrogen) atoms. The number of pyridine rings is 1. The fourth-order valence-corrected chi connectivity index (χ4v) is 2.41. The van der Waals surface area contributed by atoms with Gasteiger partial charge in [-0.05, 0) is 57.2 Å². The molecule has 1 amide bonds. The average Bonchev–Trinajstić information content (AvgIpc) is 2.72. The highest BCUT2D eigenvalue weighted by atomic mass is 18.2. The van der Waals surface area contributed by atoms with Crippen molar-refractivity contribution in [3.63, 3.8) is 0 Å². The first-order valence-corrected chi connectivity index (χ1v) is 9.72. The van der Waals surface area contributed by atoms with Crippen molar-refractivity contribution in [3.8, 4) is 11.8 Å². The van der Waals surface area contributed by atoms with E-state index in [1.165, 1.54) is 4.90 Å². The Morgan fingerprint density at radius 1 is 1.10 bits per heavy atom. The second-order valence-corrected chi connectivity index (χ2v) is 7.42. The standard InChI is InChI=1S/C23H28FN3O3/c1-23(2,3)30-22(28)27(14-16-29-15-13-24)21-12-9-19(17-26-21)6-5-18-7-10-20(25-4)11-8-18/h7-12,17,25H,13-16H2,1-4H3/i24-1. The number of aromatic nitrogens is 1. The number of anilines is 2. The van der Waals surface area contributed by atoms with Gasteiger partial charge in [-0.25, -0.2) is 14.2 Å². The summed E-state index contributed by atoms with van der Waals surface area (Å²) >= 11 is 0. The van der Waals surface area contributed by atoms with Crippen LogP contribution in [-0.4, -0.2) is 50.2 Å². The zero-order chi connectivity index (χ0) is 22.0. The van der Waals surface area contributed by atoms with E-state index >= 15 is 0 Å². The van der Waals surface area contributed by atoms with Crippen LogP contribution in [-0.2, 0) is 9.47 Å². The number of carbonyl (C=O) groups excluding carboxylic acids is 1. The van der Waals surface area contributed by atoms with Gasteiger partial charge in [0.1, 0.15) is 18.1 Å². The summed E-state index contributed by atoms with van der Waals surface area (Å²) in [7, 11) is 1.86. The Balaban J connectivity index is 2.13. The van der Waals surface area contributed by atoms with Gasteiger partial charge < -0.3 is 14.8 Å². The maximum atomic E-state index is 12.6. The van der Waals surface area contributed by atoms with Crippen molar-refractivity contribution < 1.29 is 18.7 Å². The van der Waals surface area contributed by atoms with Gasteiger partial charge in [-0.3, -0.25) is 4.90 Å². The third-order valence-corrected chi connectivity index (χ3v) is 3.84. The molecule has 1 heterocycles. The summed E-state index contributed by atoms with van der Waals surface area (Å²) in [5, 5.41) is 3.06. The molecule has 2 rings (SSSR count). The zero-order valence-corrected chi connectivity index (χ0v) is 17.9. The summed E-state index contributed by atoms with van der Waals surface area (Å²) in [4.78, 5) is 18.3. The van der Waals surface area contributed by atoms with Crippen LogP contribution >= 0.6 is 0 Å². The summed E-state index contributed by atoms with van der Waals surface area (Å²) in [6.45, 7) is 5.16. The topological polar surface area (TPSA) is 63.7 Å². The normalized spacial score (nSPS) is 10.7. The van der Waals surface area contributed by atoms with Crippen molar-refractivity contribution in [2.75, 3.05) is 43.7 Å². The predicted molar refractivity (Wildman–Crippen MR) is 117 cm³/mol. The van der Waals surface area contributed by atoms with Crippen LogP contribution in [0, 0.1) is 11.8 Å². The summed E-state index contributed by atoms with van der Waals surface area (Å²) in [5.41, 5.74) is 1.97. The lowest BCUT2D eigenvalue weighted by Crippen LogP contribution is -2.39. The molecule has 160 valence electrons. The smallest absolute Gasteiger partial charge is 0.416 e. The summed E-state index contributed by atoms with van der Waals surface area (Å²) in [5.74, 6) is 6.56. The van der Waals surface area contributed by atoms with E-state index in [2.05, 4.69) is 22.1 Å². The number of alkyl halides is 1. The van der Waals surface area contributed by atoms with Crippen molar-refractivity contribution in [2.45, 2.75) is 26.4 Å². The molecular weight excluding hydrogens is 384 g/mol. The van der Waals surface area contributed by atoms with Crippen LogP contribution in [0.1, 0.15) is 31.9 Å². The van der Waals surface area contributed by atoms with E-state index in [-0.39, 0.29) is 19.8 Å². The van der Waals surface area contributed by atoms with Gasteiger partial charge in [-0.2, -0.15) is 0 Å². The molecule has 1 N–H and O–H groups in total. The second kappa shape index (κ2) is 11.2. The molecule has 7 heteroatoms. The molecule has 0 aliphatic carbocycles. The minimum atomic E-state index is -0.649. The van der Waals surface area contributed by atoms with Gasteiger partial charge in [0.05, 0.1) is 19.8 Å². The number of benzene rings is 1. The molecule has 0 fully saturated rings. The lowest BCUT2D eigenvalue weighted by molar-refractivity contribution is 0.0556. The summed E-state index contributed by atoms with van der Waals surface area (Å²) in [6, 6.07) is 11.3. The van der Waals surface area contributed by atoms with E-state index in [0.717, 1.165) is 11.3 Å². The lowest BCUT2D eigenvalue weighted by atomic mass is 10.2. The number of nitrogens with one attached hydrogen (secondary N) is 1. The van der Waals surface area contributed by atoms with E-state index in [9.17, 15) is 9.18 Å². The van der Waals surface area contributed by atoms with Crippen LogP contribution in [0.2, 0.25) is 0 Å². The van der Waals surface area contributed by atoms with Gasteiger partial charge in [0.15, 0.2) is 0 Å². The Hall–Kier alpha value is -3.11. The molecule has 0 bridgehead atoms. The van der Waals surface area contributed by atoms with Crippen LogP contribution in [0.15, 0.2) is 42.6 Å². The first-order chi connectivity index (χ1) is 14.3. The fourth-order valence-electron chi connectivity index (χ4n) is 2.41. The number of nitrogens with zero attached hydrogens (tertiary/aromatic N) is 2. The first kappa shape index (κ1) is 23.2. The van der Waals surface area contributed by atoms with Crippen LogP contribution in [0.4, 0.5) is 20.7 Å². The number of ether oxygens (including phenoxy) is 2. The van der Waals surface area contributed by atoms with Gasteiger partial charge in [-0.1, -0.05) is 11.8 Å². The Morgan fingerprint density at radius 2 is 1.77 bits per heavy atom. The quantitative estimate of drug-likeness (QED) is 0.544. The van der Waals surface area contributed by atoms with E-state index < -0.39 is 18.4 Å². The van der Waals surface area contributed by atoms with Crippen molar-refractivity contribution >= 4 is 17.6 Å². The Kier molecular flexibility index (Phi) is 8.63. The number of hydrogen-bond donors (Lipinski definition) is 1. The number of amides is 1. The van der Waals surface area contributed by atoms with Crippen LogP contribution in [0.3, 0.4) is 0 Å². The predicted octanol–water partition coefficient (Wildman–Crippen LogP) is 4.25. The monoisotopic (exact) mass is 412 g/mol. The van der Waals surface area contributed by atoms with Crippen molar-refractivity contribution in [1.82, 2.24) is 4.98 Å². The fraction of sp³-hybridized carbons (Fsp3) is 0.391. The zero-order valence-electron chi connectivity index (χ0n) is 17.9. The van der Waals surface area contributed by atoms with E-state index in [1.807, 2.05) is 31.3 Å². The molecule has 1 aromatic carbocycles. The van der Waals surface area contributed by atoms with E-state index in [4.69, 9.17) is 9.47 Å². The number of hydrogen-bond acceptors (Lipinski definition) is 5. The molecule has 0 saturated heterocycles. The lowest BCUT2D eigenvalue weighted by Gasteiger charge is -2.26.